The maximum atomic E-state index is 11.7. The molecule has 168 valence electrons. The molecule has 2 aliphatic heterocycles. The second-order valence-corrected chi connectivity index (χ2v) is 9.78. The maximum Gasteiger partial charge on any atom is 0.308 e. The van der Waals surface area contributed by atoms with Crippen LogP contribution < -0.4 is 9.47 Å². The van der Waals surface area contributed by atoms with Gasteiger partial charge in [-0.3, -0.25) is 4.79 Å². The van der Waals surface area contributed by atoms with Crippen molar-refractivity contribution in [3.63, 3.8) is 0 Å². The van der Waals surface area contributed by atoms with Gasteiger partial charge in [0.05, 0.1) is 0 Å². The van der Waals surface area contributed by atoms with E-state index < -0.39 is 0 Å². The van der Waals surface area contributed by atoms with Crippen molar-refractivity contribution in [1.29, 1.82) is 0 Å². The van der Waals surface area contributed by atoms with Gasteiger partial charge in [0.2, 0.25) is 0 Å². The summed E-state index contributed by atoms with van der Waals surface area (Å²) in [5, 5.41) is 9.26. The van der Waals surface area contributed by atoms with Gasteiger partial charge in [0.1, 0.15) is 12.2 Å². The third-order valence-corrected chi connectivity index (χ3v) is 7.83. The molecule has 0 saturated carbocycles. The van der Waals surface area contributed by atoms with Crippen LogP contribution in [0.15, 0.2) is 24.3 Å². The van der Waals surface area contributed by atoms with Gasteiger partial charge < -0.3 is 24.2 Å². The summed E-state index contributed by atoms with van der Waals surface area (Å²) in [6.45, 7) is 5.36. The zero-order chi connectivity index (χ0) is 21.8. The SMILES string of the molecule is CC(=O)Oc1ccc2c3c1OC1C(OCCCC(C)CO)C=C[C@H]4[C@@H](C2)N(C)CC[C@]314. The highest BCUT2D eigenvalue weighted by molar-refractivity contribution is 5.72. The van der Waals surface area contributed by atoms with Crippen molar-refractivity contribution >= 4 is 5.97 Å². The number of benzene rings is 1. The Morgan fingerprint density at radius 1 is 1.39 bits per heavy atom. The second-order valence-electron chi connectivity index (χ2n) is 9.78. The average Bonchev–Trinajstić information content (AvgIpc) is 3.10. The number of aliphatic hydroxyl groups excluding tert-OH is 1. The van der Waals surface area contributed by atoms with Crippen LogP contribution in [-0.2, 0) is 21.4 Å². The molecule has 1 N–H and O–H groups in total. The van der Waals surface area contributed by atoms with Crippen molar-refractivity contribution in [2.75, 3.05) is 26.8 Å². The van der Waals surface area contributed by atoms with Gasteiger partial charge in [-0.25, -0.2) is 0 Å². The number of rotatable bonds is 7. The van der Waals surface area contributed by atoms with E-state index in [-0.39, 0.29) is 30.2 Å². The zero-order valence-corrected chi connectivity index (χ0v) is 18.7. The number of hydrogen-bond donors (Lipinski definition) is 1. The van der Waals surface area contributed by atoms with Crippen molar-refractivity contribution < 1.29 is 24.1 Å². The highest BCUT2D eigenvalue weighted by Gasteiger charge is 2.64. The molecule has 0 amide bonds. The molecule has 5 rings (SSSR count). The van der Waals surface area contributed by atoms with Crippen LogP contribution in [0.3, 0.4) is 0 Å². The first-order valence-electron chi connectivity index (χ1n) is 11.6. The van der Waals surface area contributed by atoms with Gasteiger partial charge in [-0.15, -0.1) is 0 Å². The number of likely N-dealkylation sites (N-methyl/N-ethyl adjacent to an activating group) is 1. The summed E-state index contributed by atoms with van der Waals surface area (Å²) in [5.41, 5.74) is 2.43. The molecule has 4 aliphatic rings. The van der Waals surface area contributed by atoms with Crippen LogP contribution in [0.1, 0.15) is 44.2 Å². The number of aliphatic hydroxyl groups is 1. The predicted molar refractivity (Wildman–Crippen MR) is 116 cm³/mol. The fourth-order valence-electron chi connectivity index (χ4n) is 6.33. The Bertz CT molecular complexity index is 898. The molecule has 31 heavy (non-hydrogen) atoms. The predicted octanol–water partition coefficient (Wildman–Crippen LogP) is 2.85. The Labute approximate surface area is 184 Å². The van der Waals surface area contributed by atoms with Crippen LogP contribution in [0.5, 0.6) is 11.5 Å². The molecule has 1 fully saturated rings. The number of nitrogens with zero attached hydrogens (tertiary/aromatic N) is 1. The lowest BCUT2D eigenvalue weighted by molar-refractivity contribution is -0.132. The molecule has 6 atom stereocenters. The van der Waals surface area contributed by atoms with Crippen LogP contribution in [0.25, 0.3) is 0 Å². The fourth-order valence-corrected chi connectivity index (χ4v) is 6.33. The lowest BCUT2D eigenvalue weighted by Gasteiger charge is -2.56. The first-order chi connectivity index (χ1) is 15.0. The minimum Gasteiger partial charge on any atom is -0.482 e. The first-order valence-corrected chi connectivity index (χ1v) is 11.6. The molecule has 1 aromatic carbocycles. The summed E-state index contributed by atoms with van der Waals surface area (Å²) in [4.78, 5) is 14.2. The van der Waals surface area contributed by atoms with Crippen LogP contribution in [0.4, 0.5) is 0 Å². The summed E-state index contributed by atoms with van der Waals surface area (Å²) in [6, 6.07) is 4.46. The minimum absolute atomic E-state index is 0.111. The largest absolute Gasteiger partial charge is 0.482 e. The Hall–Kier alpha value is -1.89. The smallest absolute Gasteiger partial charge is 0.308 e. The minimum atomic E-state index is -0.329. The molecular weight excluding hydrogens is 394 g/mol. The van der Waals surface area contributed by atoms with E-state index in [0.717, 1.165) is 38.0 Å². The third-order valence-electron chi connectivity index (χ3n) is 7.83. The van der Waals surface area contributed by atoms with E-state index >= 15 is 0 Å². The highest BCUT2D eigenvalue weighted by Crippen LogP contribution is 2.62. The molecule has 0 radical (unpaired) electrons. The number of hydrogen-bond acceptors (Lipinski definition) is 6. The van der Waals surface area contributed by atoms with Gasteiger partial charge in [0.15, 0.2) is 11.5 Å². The van der Waals surface area contributed by atoms with Crippen molar-refractivity contribution in [1.82, 2.24) is 4.90 Å². The van der Waals surface area contributed by atoms with Crippen LogP contribution in [0, 0.1) is 11.8 Å². The molecule has 1 spiro atoms. The van der Waals surface area contributed by atoms with Crippen molar-refractivity contribution in [2.24, 2.45) is 11.8 Å². The number of likely N-dealkylation sites (tertiary alicyclic amines) is 1. The van der Waals surface area contributed by atoms with Gasteiger partial charge in [0, 0.05) is 43.1 Å². The maximum absolute atomic E-state index is 11.7. The average molecular weight is 428 g/mol. The monoisotopic (exact) mass is 427 g/mol. The molecule has 2 bridgehead atoms. The van der Waals surface area contributed by atoms with Crippen molar-refractivity contribution in [3.05, 3.63) is 35.4 Å². The molecule has 2 aliphatic carbocycles. The Morgan fingerprint density at radius 3 is 3.00 bits per heavy atom. The quantitative estimate of drug-likeness (QED) is 0.312. The molecule has 0 aromatic heterocycles. The van der Waals surface area contributed by atoms with Gasteiger partial charge >= 0.3 is 5.97 Å². The molecule has 3 unspecified atom stereocenters. The van der Waals surface area contributed by atoms with E-state index in [1.54, 1.807) is 0 Å². The summed E-state index contributed by atoms with van der Waals surface area (Å²) in [6.07, 6.45) is 8.15. The molecular formula is C25H33NO5. The molecule has 1 aromatic rings. The summed E-state index contributed by atoms with van der Waals surface area (Å²) in [5.74, 6) is 1.61. The Morgan fingerprint density at radius 2 is 2.23 bits per heavy atom. The Kier molecular flexibility index (Phi) is 5.35. The van der Waals surface area contributed by atoms with Crippen molar-refractivity contribution in [2.45, 2.75) is 63.2 Å². The van der Waals surface area contributed by atoms with E-state index in [1.807, 2.05) is 6.07 Å². The van der Waals surface area contributed by atoms with E-state index in [1.165, 1.54) is 18.1 Å². The number of esters is 1. The molecule has 6 nitrogen and oxygen atoms in total. The Balaban J connectivity index is 1.49. The van der Waals surface area contributed by atoms with Gasteiger partial charge in [-0.2, -0.15) is 0 Å². The van der Waals surface area contributed by atoms with E-state index in [9.17, 15) is 9.90 Å². The van der Waals surface area contributed by atoms with Crippen molar-refractivity contribution in [3.8, 4) is 11.5 Å². The van der Waals surface area contributed by atoms with E-state index in [0.29, 0.717) is 30.2 Å². The van der Waals surface area contributed by atoms with Gasteiger partial charge in [-0.05, 0) is 56.8 Å². The molecule has 2 heterocycles. The van der Waals surface area contributed by atoms with Crippen LogP contribution in [0.2, 0.25) is 0 Å². The summed E-state index contributed by atoms with van der Waals surface area (Å²) >= 11 is 0. The number of carbonyl (C=O) groups excluding carboxylic acids is 1. The summed E-state index contributed by atoms with van der Waals surface area (Å²) < 4.78 is 18.5. The molecule has 1 saturated heterocycles. The highest BCUT2D eigenvalue weighted by atomic mass is 16.6. The van der Waals surface area contributed by atoms with E-state index in [4.69, 9.17) is 14.2 Å². The number of carbonyl (C=O) groups is 1. The van der Waals surface area contributed by atoms with Gasteiger partial charge in [0.25, 0.3) is 0 Å². The lowest BCUT2D eigenvalue weighted by atomic mass is 9.53. The number of piperidine rings is 1. The van der Waals surface area contributed by atoms with Gasteiger partial charge in [-0.1, -0.05) is 25.1 Å². The number of ether oxygens (including phenoxy) is 3. The first kappa shape index (κ1) is 21.0. The van der Waals surface area contributed by atoms with Crippen LogP contribution >= 0.6 is 0 Å². The van der Waals surface area contributed by atoms with Crippen LogP contribution in [-0.4, -0.2) is 61.0 Å². The molecule has 6 heteroatoms. The zero-order valence-electron chi connectivity index (χ0n) is 18.7. The fraction of sp³-hybridized carbons (Fsp3) is 0.640. The standard InChI is InChI=1S/C25H33NO5/c1-15(14-27)5-4-12-29-21-9-7-18-19-13-17-6-8-20(30-16(2)28)23-22(17)25(18,24(21)31-23)10-11-26(19)3/h6-9,15,18-19,21,24,27H,4-5,10-14H2,1-3H3/t15?,18-,19+,21?,24?,25-/m0/s1. The topological polar surface area (TPSA) is 68.2 Å². The van der Waals surface area contributed by atoms with E-state index in [2.05, 4.69) is 37.1 Å². The normalized spacial score (nSPS) is 33.5. The summed E-state index contributed by atoms with van der Waals surface area (Å²) in [7, 11) is 2.22. The lowest BCUT2D eigenvalue weighted by Crippen LogP contribution is -2.65. The third kappa shape index (κ3) is 3.22. The second kappa shape index (κ2) is 7.91.